The third-order valence-corrected chi connectivity index (χ3v) is 1.24. The van der Waals surface area contributed by atoms with Crippen LogP contribution in [0.3, 0.4) is 0 Å². The predicted octanol–water partition coefficient (Wildman–Crippen LogP) is -0.825. The number of nitrogens with two attached hydrogens (primary N) is 1. The maximum Gasteiger partial charge on any atom is 0.353 e. The molecule has 1 rings (SSSR count). The van der Waals surface area contributed by atoms with Crippen LogP contribution in [0.1, 0.15) is 6.42 Å². The van der Waals surface area contributed by atoms with Crippen molar-refractivity contribution in [2.75, 3.05) is 6.54 Å². The van der Waals surface area contributed by atoms with Gasteiger partial charge in [-0.15, -0.1) is 0 Å². The van der Waals surface area contributed by atoms with Crippen molar-refractivity contribution in [3.63, 3.8) is 0 Å². The SMILES string of the molecule is NCC1CC(C(=O)O)=NO1. The van der Waals surface area contributed by atoms with E-state index in [2.05, 4.69) is 9.99 Å². The van der Waals surface area contributed by atoms with Crippen LogP contribution < -0.4 is 5.73 Å². The minimum atomic E-state index is -1.03. The molecule has 0 saturated heterocycles. The molecule has 0 amide bonds. The average Bonchev–Trinajstić information content (AvgIpc) is 2.34. The molecule has 0 saturated carbocycles. The number of carboxylic acids is 1. The summed E-state index contributed by atoms with van der Waals surface area (Å²) >= 11 is 0. The molecule has 0 aromatic rings. The number of hydrogen-bond acceptors (Lipinski definition) is 4. The van der Waals surface area contributed by atoms with Crippen molar-refractivity contribution >= 4 is 11.7 Å². The summed E-state index contributed by atoms with van der Waals surface area (Å²) in [7, 11) is 0. The van der Waals surface area contributed by atoms with E-state index in [4.69, 9.17) is 10.8 Å². The summed E-state index contributed by atoms with van der Waals surface area (Å²) in [5.41, 5.74) is 5.26. The van der Waals surface area contributed by atoms with E-state index in [9.17, 15) is 4.79 Å². The Morgan fingerprint density at radius 3 is 3.00 bits per heavy atom. The van der Waals surface area contributed by atoms with Crippen LogP contribution in [0.25, 0.3) is 0 Å². The molecule has 1 atom stereocenters. The Balaban J connectivity index is 2.47. The third kappa shape index (κ3) is 1.24. The van der Waals surface area contributed by atoms with E-state index in [1.54, 1.807) is 0 Å². The van der Waals surface area contributed by atoms with Crippen molar-refractivity contribution in [3.05, 3.63) is 0 Å². The molecule has 0 spiro atoms. The quantitative estimate of drug-likeness (QED) is 0.530. The highest BCUT2D eigenvalue weighted by molar-refractivity contribution is 6.35. The molecule has 56 valence electrons. The Morgan fingerprint density at radius 1 is 2.00 bits per heavy atom. The second kappa shape index (κ2) is 2.66. The van der Waals surface area contributed by atoms with Crippen molar-refractivity contribution in [2.24, 2.45) is 10.9 Å². The lowest BCUT2D eigenvalue weighted by Gasteiger charge is -2.00. The van der Waals surface area contributed by atoms with E-state index in [1.165, 1.54) is 0 Å². The van der Waals surface area contributed by atoms with Gasteiger partial charge in [-0.2, -0.15) is 0 Å². The van der Waals surface area contributed by atoms with Gasteiger partial charge in [0, 0.05) is 13.0 Å². The fourth-order valence-corrected chi connectivity index (χ4v) is 0.681. The highest BCUT2D eigenvalue weighted by Gasteiger charge is 2.23. The molecule has 1 heterocycles. The first-order valence-corrected chi connectivity index (χ1v) is 2.90. The first kappa shape index (κ1) is 7.01. The molecule has 1 aliphatic heterocycles. The number of carbonyl (C=O) groups is 1. The minimum Gasteiger partial charge on any atom is -0.477 e. The molecule has 0 radical (unpaired) electrons. The summed E-state index contributed by atoms with van der Waals surface area (Å²) in [5.74, 6) is -1.03. The van der Waals surface area contributed by atoms with Crippen LogP contribution in [-0.4, -0.2) is 29.4 Å². The predicted molar refractivity (Wildman–Crippen MR) is 33.6 cm³/mol. The maximum atomic E-state index is 10.2. The Kier molecular flexibility index (Phi) is 1.86. The van der Waals surface area contributed by atoms with Gasteiger partial charge in [0.1, 0.15) is 6.10 Å². The maximum absolute atomic E-state index is 10.2. The molecule has 0 aliphatic carbocycles. The van der Waals surface area contributed by atoms with Gasteiger partial charge in [-0.05, 0) is 0 Å². The lowest BCUT2D eigenvalue weighted by molar-refractivity contribution is -0.129. The Morgan fingerprint density at radius 2 is 2.70 bits per heavy atom. The molecular formula is C5H8N2O3. The summed E-state index contributed by atoms with van der Waals surface area (Å²) in [4.78, 5) is 14.9. The normalized spacial score (nSPS) is 23.7. The fraction of sp³-hybridized carbons (Fsp3) is 0.600. The van der Waals surface area contributed by atoms with Gasteiger partial charge >= 0.3 is 5.97 Å². The van der Waals surface area contributed by atoms with Crippen molar-refractivity contribution in [3.8, 4) is 0 Å². The van der Waals surface area contributed by atoms with Gasteiger partial charge in [-0.25, -0.2) is 4.79 Å². The zero-order valence-corrected chi connectivity index (χ0v) is 5.28. The summed E-state index contributed by atoms with van der Waals surface area (Å²) in [5, 5.41) is 11.7. The number of nitrogens with zero attached hydrogens (tertiary/aromatic N) is 1. The van der Waals surface area contributed by atoms with Crippen LogP contribution in [-0.2, 0) is 9.63 Å². The molecule has 5 nitrogen and oxygen atoms in total. The standard InChI is InChI=1S/C5H8N2O3/c6-2-3-1-4(5(8)9)7-10-3/h3H,1-2,6H2,(H,8,9). The van der Waals surface area contributed by atoms with E-state index in [-0.39, 0.29) is 11.8 Å². The molecule has 0 aromatic carbocycles. The minimum absolute atomic E-state index is 0.0513. The number of aliphatic carboxylic acids is 1. The Labute approximate surface area is 57.5 Å². The second-order valence-corrected chi connectivity index (χ2v) is 2.01. The molecule has 1 unspecified atom stereocenters. The van der Waals surface area contributed by atoms with Gasteiger partial charge < -0.3 is 15.7 Å². The Bertz CT molecular complexity index is 178. The lowest BCUT2D eigenvalue weighted by Crippen LogP contribution is -2.21. The average molecular weight is 144 g/mol. The van der Waals surface area contributed by atoms with Crippen LogP contribution in [0.4, 0.5) is 0 Å². The van der Waals surface area contributed by atoms with Gasteiger partial charge in [0.2, 0.25) is 0 Å². The monoisotopic (exact) mass is 144 g/mol. The van der Waals surface area contributed by atoms with Crippen molar-refractivity contribution in [2.45, 2.75) is 12.5 Å². The summed E-state index contributed by atoms with van der Waals surface area (Å²) in [6, 6.07) is 0. The van der Waals surface area contributed by atoms with Crippen LogP contribution in [0.2, 0.25) is 0 Å². The summed E-state index contributed by atoms with van der Waals surface area (Å²) in [6.45, 7) is 0.306. The van der Waals surface area contributed by atoms with Gasteiger partial charge in [-0.1, -0.05) is 5.16 Å². The molecule has 1 aliphatic rings. The molecule has 0 bridgehead atoms. The number of rotatable bonds is 2. The lowest BCUT2D eigenvalue weighted by atomic mass is 10.2. The highest BCUT2D eigenvalue weighted by atomic mass is 16.6. The first-order valence-electron chi connectivity index (χ1n) is 2.90. The van der Waals surface area contributed by atoms with Crippen LogP contribution in [0.5, 0.6) is 0 Å². The van der Waals surface area contributed by atoms with E-state index >= 15 is 0 Å². The van der Waals surface area contributed by atoms with E-state index in [1.807, 2.05) is 0 Å². The molecule has 0 fully saturated rings. The van der Waals surface area contributed by atoms with Crippen LogP contribution >= 0.6 is 0 Å². The second-order valence-electron chi connectivity index (χ2n) is 2.01. The fourth-order valence-electron chi connectivity index (χ4n) is 0.681. The molecular weight excluding hydrogens is 136 g/mol. The zero-order chi connectivity index (χ0) is 7.56. The number of carboxylic acid groups (broad SMARTS) is 1. The van der Waals surface area contributed by atoms with E-state index in [0.29, 0.717) is 13.0 Å². The zero-order valence-electron chi connectivity index (χ0n) is 5.28. The molecule has 0 aromatic heterocycles. The summed E-state index contributed by atoms with van der Waals surface area (Å²) in [6.07, 6.45) is 0.0670. The summed E-state index contributed by atoms with van der Waals surface area (Å²) < 4.78 is 0. The van der Waals surface area contributed by atoms with Crippen molar-refractivity contribution in [1.82, 2.24) is 0 Å². The number of oxime groups is 1. The van der Waals surface area contributed by atoms with Crippen LogP contribution in [0.15, 0.2) is 5.16 Å². The first-order chi connectivity index (χ1) is 4.74. The van der Waals surface area contributed by atoms with Crippen molar-refractivity contribution < 1.29 is 14.7 Å². The van der Waals surface area contributed by atoms with Gasteiger partial charge in [0.05, 0.1) is 0 Å². The van der Waals surface area contributed by atoms with Crippen molar-refractivity contribution in [1.29, 1.82) is 0 Å². The van der Waals surface area contributed by atoms with Crippen LogP contribution in [0, 0.1) is 0 Å². The molecule has 5 heteroatoms. The molecule has 3 N–H and O–H groups in total. The largest absolute Gasteiger partial charge is 0.477 e. The van der Waals surface area contributed by atoms with Gasteiger partial charge in [0.25, 0.3) is 0 Å². The topological polar surface area (TPSA) is 84.9 Å². The molecule has 10 heavy (non-hydrogen) atoms. The highest BCUT2D eigenvalue weighted by Crippen LogP contribution is 2.08. The van der Waals surface area contributed by atoms with Gasteiger partial charge in [0.15, 0.2) is 5.71 Å². The van der Waals surface area contributed by atoms with E-state index in [0.717, 1.165) is 0 Å². The third-order valence-electron chi connectivity index (χ3n) is 1.24. The number of hydrogen-bond donors (Lipinski definition) is 2. The Hall–Kier alpha value is -1.10. The van der Waals surface area contributed by atoms with E-state index < -0.39 is 5.97 Å². The smallest absolute Gasteiger partial charge is 0.353 e. The van der Waals surface area contributed by atoms with Gasteiger partial charge in [-0.3, -0.25) is 0 Å².